The highest BCUT2D eigenvalue weighted by Gasteiger charge is 2.33. The van der Waals surface area contributed by atoms with Crippen molar-refractivity contribution in [3.8, 4) is 0 Å². The van der Waals surface area contributed by atoms with Crippen LogP contribution >= 0.6 is 0 Å². The fourth-order valence-corrected chi connectivity index (χ4v) is 3.97. The van der Waals surface area contributed by atoms with E-state index in [-0.39, 0.29) is 16.8 Å². The van der Waals surface area contributed by atoms with Gasteiger partial charge in [-0.05, 0) is 46.1 Å². The molecule has 0 saturated carbocycles. The summed E-state index contributed by atoms with van der Waals surface area (Å²) in [7, 11) is -3.55. The van der Waals surface area contributed by atoms with Crippen LogP contribution < -0.4 is 0 Å². The zero-order valence-electron chi connectivity index (χ0n) is 13.9. The number of hydrogen-bond donors (Lipinski definition) is 0. The van der Waals surface area contributed by atoms with Crippen molar-refractivity contribution in [1.82, 2.24) is 14.9 Å². The van der Waals surface area contributed by atoms with E-state index in [4.69, 9.17) is 4.74 Å². The maximum Gasteiger partial charge on any atom is 0.410 e. The van der Waals surface area contributed by atoms with Gasteiger partial charge < -0.3 is 9.64 Å². The lowest BCUT2D eigenvalue weighted by Gasteiger charge is -2.24. The Kier molecular flexibility index (Phi) is 4.93. The lowest BCUT2D eigenvalue weighted by molar-refractivity contribution is 0.0289. The van der Waals surface area contributed by atoms with Crippen molar-refractivity contribution >= 4 is 15.9 Å². The molecule has 0 aliphatic carbocycles. The summed E-state index contributed by atoms with van der Waals surface area (Å²) in [6.45, 7) is 8.01. The van der Waals surface area contributed by atoms with Crippen molar-refractivity contribution in [3.63, 3.8) is 0 Å². The predicted octanol–water partition coefficient (Wildman–Crippen LogP) is 1.82. The molecule has 8 heteroatoms. The number of carbonyl (C=O) groups excluding carboxylic acids is 1. The van der Waals surface area contributed by atoms with E-state index >= 15 is 0 Å². The van der Waals surface area contributed by atoms with E-state index in [9.17, 15) is 13.2 Å². The van der Waals surface area contributed by atoms with Crippen molar-refractivity contribution in [2.75, 3.05) is 18.8 Å². The minimum atomic E-state index is -3.55. The van der Waals surface area contributed by atoms with Crippen LogP contribution in [0.2, 0.25) is 0 Å². The number of carbonyl (C=O) groups is 1. The molecule has 2 heterocycles. The second-order valence-corrected chi connectivity index (χ2v) is 8.77. The van der Waals surface area contributed by atoms with E-state index in [2.05, 4.69) is 9.97 Å². The maximum absolute atomic E-state index is 12.4. The topological polar surface area (TPSA) is 89.5 Å². The molecule has 1 saturated heterocycles. The fourth-order valence-electron chi connectivity index (χ4n) is 2.42. The summed E-state index contributed by atoms with van der Waals surface area (Å²) in [5.41, 5.74) is 0.0526. The number of rotatable bonds is 3. The molecule has 0 N–H and O–H groups in total. The molecule has 1 fully saturated rings. The van der Waals surface area contributed by atoms with Crippen LogP contribution in [0.3, 0.4) is 0 Å². The summed E-state index contributed by atoms with van der Waals surface area (Å²) < 4.78 is 30.1. The van der Waals surface area contributed by atoms with Gasteiger partial charge in [0.05, 0.1) is 5.75 Å². The minimum Gasteiger partial charge on any atom is -0.444 e. The molecule has 128 valence electrons. The highest BCUT2D eigenvalue weighted by molar-refractivity contribution is 7.91. The molecule has 1 aromatic heterocycles. The molecule has 1 atom stereocenters. The van der Waals surface area contributed by atoms with E-state index in [0.29, 0.717) is 25.2 Å². The van der Waals surface area contributed by atoms with Crippen LogP contribution in [0.4, 0.5) is 4.79 Å². The zero-order chi connectivity index (χ0) is 17.3. The van der Waals surface area contributed by atoms with Crippen LogP contribution in [0, 0.1) is 12.8 Å². The number of amides is 1. The van der Waals surface area contributed by atoms with Crippen molar-refractivity contribution in [2.45, 2.75) is 44.9 Å². The zero-order valence-corrected chi connectivity index (χ0v) is 14.8. The lowest BCUT2D eigenvalue weighted by atomic mass is 10.2. The molecule has 1 aromatic rings. The van der Waals surface area contributed by atoms with Crippen LogP contribution in [0.25, 0.3) is 0 Å². The van der Waals surface area contributed by atoms with Crippen LogP contribution in [-0.4, -0.2) is 53.8 Å². The molecule has 1 amide bonds. The Hall–Kier alpha value is -1.70. The molecule has 1 aliphatic rings. The monoisotopic (exact) mass is 341 g/mol. The van der Waals surface area contributed by atoms with Crippen molar-refractivity contribution < 1.29 is 17.9 Å². The van der Waals surface area contributed by atoms with Crippen LogP contribution in [0.1, 0.15) is 32.9 Å². The number of aromatic nitrogens is 2. The van der Waals surface area contributed by atoms with Gasteiger partial charge in [0.2, 0.25) is 15.0 Å². The highest BCUT2D eigenvalue weighted by Crippen LogP contribution is 2.22. The molecule has 0 bridgehead atoms. The fraction of sp³-hybridized carbons (Fsp3) is 0.667. The van der Waals surface area contributed by atoms with Gasteiger partial charge in [-0.1, -0.05) is 0 Å². The van der Waals surface area contributed by atoms with E-state index in [1.165, 1.54) is 6.20 Å². The van der Waals surface area contributed by atoms with Crippen molar-refractivity contribution in [2.24, 2.45) is 5.92 Å². The van der Waals surface area contributed by atoms with E-state index in [1.54, 1.807) is 38.7 Å². The molecule has 0 spiro atoms. The molecule has 0 unspecified atom stereocenters. The number of ether oxygens (including phenoxy) is 1. The molecule has 2 rings (SSSR count). The molecular weight excluding hydrogens is 318 g/mol. The Labute approximate surface area is 137 Å². The summed E-state index contributed by atoms with van der Waals surface area (Å²) >= 11 is 0. The predicted molar refractivity (Wildman–Crippen MR) is 84.7 cm³/mol. The standard InChI is InChI=1S/C15H23N3O4S/c1-11-5-7-16-13(17-11)23(20,21)10-12-6-8-18(9-12)14(19)22-15(2,3)4/h5,7,12H,6,8-10H2,1-4H3/t12-/m1/s1. The Balaban J connectivity index is 1.99. The normalized spacial score (nSPS) is 19.0. The molecule has 7 nitrogen and oxygen atoms in total. The van der Waals surface area contributed by atoms with Gasteiger partial charge in [0, 0.05) is 25.0 Å². The molecule has 0 radical (unpaired) electrons. The summed E-state index contributed by atoms with van der Waals surface area (Å²) in [6, 6.07) is 1.65. The van der Waals surface area contributed by atoms with Crippen LogP contribution in [0.15, 0.2) is 17.4 Å². The van der Waals surface area contributed by atoms with Crippen LogP contribution in [0.5, 0.6) is 0 Å². The van der Waals surface area contributed by atoms with Crippen LogP contribution in [-0.2, 0) is 14.6 Å². The minimum absolute atomic E-state index is 0.0598. The first-order chi connectivity index (χ1) is 10.6. The summed E-state index contributed by atoms with van der Waals surface area (Å²) in [6.07, 6.45) is 1.67. The third-order valence-electron chi connectivity index (χ3n) is 3.44. The Morgan fingerprint density at radius 2 is 2.13 bits per heavy atom. The first kappa shape index (κ1) is 17.7. The number of aryl methyl sites for hydroxylation is 1. The smallest absolute Gasteiger partial charge is 0.410 e. The Bertz CT molecular complexity index is 682. The van der Waals surface area contributed by atoms with E-state index in [1.807, 2.05) is 0 Å². The largest absolute Gasteiger partial charge is 0.444 e. The molecular formula is C15H23N3O4S. The first-order valence-electron chi connectivity index (χ1n) is 7.57. The second kappa shape index (κ2) is 6.43. The second-order valence-electron chi connectivity index (χ2n) is 6.84. The van der Waals surface area contributed by atoms with E-state index in [0.717, 1.165) is 0 Å². The number of nitrogens with zero attached hydrogens (tertiary/aromatic N) is 3. The third-order valence-corrected chi connectivity index (χ3v) is 5.11. The summed E-state index contributed by atoms with van der Waals surface area (Å²) in [5, 5.41) is -0.145. The van der Waals surface area contributed by atoms with Gasteiger partial charge >= 0.3 is 6.09 Å². The van der Waals surface area contributed by atoms with Gasteiger partial charge in [-0.25, -0.2) is 23.2 Å². The number of sulfone groups is 1. The van der Waals surface area contributed by atoms with Gasteiger partial charge in [-0.2, -0.15) is 0 Å². The first-order valence-corrected chi connectivity index (χ1v) is 9.22. The average molecular weight is 341 g/mol. The Morgan fingerprint density at radius 3 is 2.74 bits per heavy atom. The van der Waals surface area contributed by atoms with Crippen molar-refractivity contribution in [3.05, 3.63) is 18.0 Å². The van der Waals surface area contributed by atoms with E-state index < -0.39 is 21.5 Å². The van der Waals surface area contributed by atoms with Gasteiger partial charge in [0.25, 0.3) is 0 Å². The van der Waals surface area contributed by atoms with Gasteiger partial charge in [0.15, 0.2) is 0 Å². The highest BCUT2D eigenvalue weighted by atomic mass is 32.2. The quantitative estimate of drug-likeness (QED) is 0.779. The van der Waals surface area contributed by atoms with Gasteiger partial charge in [-0.3, -0.25) is 0 Å². The Morgan fingerprint density at radius 1 is 1.43 bits per heavy atom. The average Bonchev–Trinajstić information content (AvgIpc) is 2.84. The summed E-state index contributed by atoms with van der Waals surface area (Å²) in [4.78, 5) is 21.4. The number of likely N-dealkylation sites (tertiary alicyclic amines) is 1. The maximum atomic E-state index is 12.4. The molecule has 1 aliphatic heterocycles. The van der Waals surface area contributed by atoms with Gasteiger partial charge in [0.1, 0.15) is 5.60 Å². The molecule has 23 heavy (non-hydrogen) atoms. The third kappa shape index (κ3) is 4.89. The van der Waals surface area contributed by atoms with Gasteiger partial charge in [-0.15, -0.1) is 0 Å². The SMILES string of the molecule is Cc1ccnc(S(=O)(=O)C[C@@H]2CCN(C(=O)OC(C)(C)C)C2)n1. The summed E-state index contributed by atoms with van der Waals surface area (Å²) in [5.74, 6) is -0.188. The molecule has 0 aromatic carbocycles. The van der Waals surface area contributed by atoms with Crippen molar-refractivity contribution in [1.29, 1.82) is 0 Å². The lowest BCUT2D eigenvalue weighted by Crippen LogP contribution is -2.35. The number of hydrogen-bond acceptors (Lipinski definition) is 6.